The maximum absolute atomic E-state index is 7.56. The van der Waals surface area contributed by atoms with Gasteiger partial charge in [0.05, 0.1) is 10.8 Å². The fraction of sp³-hybridized carbons (Fsp3) is 0.308. The van der Waals surface area contributed by atoms with Crippen molar-refractivity contribution in [2.24, 2.45) is 0 Å². The largest absolute Gasteiger partial charge is 0.407 e. The summed E-state index contributed by atoms with van der Waals surface area (Å²) in [4.78, 5) is 0. The van der Waals surface area contributed by atoms with E-state index in [0.29, 0.717) is 0 Å². The molecule has 6 aromatic carbocycles. The Morgan fingerprint density at radius 3 is 0.783 bits per heavy atom. The molecule has 6 nitrogen and oxygen atoms in total. The highest BCUT2D eigenvalue weighted by atomic mass is 31.1. The van der Waals surface area contributed by atoms with E-state index in [9.17, 15) is 0 Å². The summed E-state index contributed by atoms with van der Waals surface area (Å²) in [6, 6.07) is 47.4. The molecule has 2 heterocycles. The minimum Gasteiger partial charge on any atom is -0.407 e. The Balaban J connectivity index is 1.53. The molecule has 0 unspecified atom stereocenters. The molecule has 0 aliphatic rings. The van der Waals surface area contributed by atoms with E-state index in [1.807, 2.05) is 0 Å². The van der Waals surface area contributed by atoms with Gasteiger partial charge in [0.15, 0.2) is 0 Å². The van der Waals surface area contributed by atoms with Gasteiger partial charge in [-0.2, -0.15) is 9.34 Å². The molecule has 60 heavy (non-hydrogen) atoms. The zero-order valence-electron chi connectivity index (χ0n) is 36.3. The third kappa shape index (κ3) is 7.88. The first-order valence-corrected chi connectivity index (χ1v) is 24.0. The first kappa shape index (κ1) is 41.8. The van der Waals surface area contributed by atoms with E-state index >= 15 is 0 Å². The van der Waals surface area contributed by atoms with Gasteiger partial charge in [0.1, 0.15) is 22.3 Å². The zero-order valence-corrected chi connectivity index (χ0v) is 38.1. The van der Waals surface area contributed by atoms with Crippen LogP contribution < -0.4 is 9.34 Å². The van der Waals surface area contributed by atoms with Crippen molar-refractivity contribution in [2.75, 3.05) is 9.34 Å². The Hall–Kier alpha value is -4.96. The third-order valence-electron chi connectivity index (χ3n) is 12.3. The lowest BCUT2D eigenvalue weighted by atomic mass is 9.96. The van der Waals surface area contributed by atoms with Crippen LogP contribution in [0.15, 0.2) is 150 Å². The summed E-state index contributed by atoms with van der Waals surface area (Å²) in [5, 5.41) is 1.91. The number of benzene rings is 6. The summed E-state index contributed by atoms with van der Waals surface area (Å²) in [6.45, 7) is 18.0. The summed E-state index contributed by atoms with van der Waals surface area (Å²) in [7, 11) is -3.45. The molecule has 8 heteroatoms. The van der Waals surface area contributed by atoms with Crippen LogP contribution >= 0.6 is 16.3 Å². The first-order valence-electron chi connectivity index (χ1n) is 21.7. The molecule has 0 fully saturated rings. The molecule has 0 spiro atoms. The lowest BCUT2D eigenvalue weighted by Gasteiger charge is -2.32. The molecule has 0 bridgehead atoms. The second-order valence-corrected chi connectivity index (χ2v) is 18.4. The number of hydrogen-bond donors (Lipinski definition) is 0. The molecule has 0 aliphatic heterocycles. The minimum atomic E-state index is -1.73. The smallest absolute Gasteiger partial charge is 0.310 e. The molecule has 0 amide bonds. The van der Waals surface area contributed by atoms with Gasteiger partial charge in [0.25, 0.3) is 0 Å². The predicted molar refractivity (Wildman–Crippen MR) is 253 cm³/mol. The molecule has 0 aliphatic carbocycles. The normalized spacial score (nSPS) is 14.0. The van der Waals surface area contributed by atoms with Crippen molar-refractivity contribution in [3.05, 3.63) is 178 Å². The van der Waals surface area contributed by atoms with E-state index in [4.69, 9.17) is 16.8 Å². The second-order valence-electron chi connectivity index (χ2n) is 15.8. The predicted octanol–water partition coefficient (Wildman–Crippen LogP) is 16.3. The second kappa shape index (κ2) is 18.3. The van der Waals surface area contributed by atoms with E-state index in [1.54, 1.807) is 0 Å². The van der Waals surface area contributed by atoms with Gasteiger partial charge in [0.2, 0.25) is 0 Å². The summed E-state index contributed by atoms with van der Waals surface area (Å²) in [5.74, 6) is 0. The quantitative estimate of drug-likeness (QED) is 0.109. The maximum atomic E-state index is 7.56. The Morgan fingerprint density at radius 2 is 0.583 bits per heavy atom. The van der Waals surface area contributed by atoms with Gasteiger partial charge in [-0.3, -0.25) is 0 Å². The lowest BCUT2D eigenvalue weighted by Crippen LogP contribution is -2.27. The van der Waals surface area contributed by atoms with Crippen LogP contribution in [-0.4, -0.2) is 0 Å². The van der Waals surface area contributed by atoms with E-state index in [2.05, 4.69) is 198 Å². The lowest BCUT2D eigenvalue weighted by molar-refractivity contribution is 0.552. The molecular formula is C52H58N2O4P2. The molecule has 4 atom stereocenters. The molecule has 0 N–H and O–H groups in total. The average molecular weight is 837 g/mol. The van der Waals surface area contributed by atoms with Gasteiger partial charge in [0, 0.05) is 24.2 Å². The van der Waals surface area contributed by atoms with Gasteiger partial charge in [-0.25, -0.2) is 0 Å². The maximum Gasteiger partial charge on any atom is 0.310 e. The van der Waals surface area contributed by atoms with Crippen LogP contribution in [0, 0.1) is 0 Å². The Kier molecular flexibility index (Phi) is 12.8. The SMILES string of the molecule is CCc1cc(CC)c2op(N([C@@H](C)c3ccccc3)[C@@H](C)c3ccccc3)oc3c(CC)cc(CC)c4op(N([C@@H](C)c5ccccc5)[C@@H](C)c5ccccc5)oc1c2c43. The van der Waals surface area contributed by atoms with Crippen LogP contribution in [-0.2, 0) is 25.7 Å². The molecule has 8 aromatic rings. The van der Waals surface area contributed by atoms with E-state index in [1.165, 1.54) is 22.3 Å². The monoisotopic (exact) mass is 836 g/mol. The van der Waals surface area contributed by atoms with Crippen molar-refractivity contribution in [1.82, 2.24) is 0 Å². The molecule has 0 saturated carbocycles. The fourth-order valence-electron chi connectivity index (χ4n) is 8.76. The molecule has 0 radical (unpaired) electrons. The molecule has 8 rings (SSSR count). The fourth-order valence-corrected chi connectivity index (χ4v) is 12.3. The van der Waals surface area contributed by atoms with Gasteiger partial charge in [-0.1, -0.05) is 149 Å². The summed E-state index contributed by atoms with van der Waals surface area (Å²) in [5.41, 5.74) is 12.7. The summed E-state index contributed by atoms with van der Waals surface area (Å²) < 4.78 is 35.1. The van der Waals surface area contributed by atoms with Crippen LogP contribution in [0.4, 0.5) is 0 Å². The first-order chi connectivity index (χ1) is 29.3. The van der Waals surface area contributed by atoms with Gasteiger partial charge in [-0.15, -0.1) is 0 Å². The van der Waals surface area contributed by atoms with Gasteiger partial charge < -0.3 is 16.8 Å². The topological polar surface area (TPSA) is 59.0 Å². The molecular weight excluding hydrogens is 779 g/mol. The highest BCUT2D eigenvalue weighted by Gasteiger charge is 2.33. The number of nitrogens with zero attached hydrogens (tertiary/aromatic N) is 2. The summed E-state index contributed by atoms with van der Waals surface area (Å²) >= 11 is 0. The van der Waals surface area contributed by atoms with Crippen LogP contribution in [0.25, 0.3) is 33.1 Å². The van der Waals surface area contributed by atoms with Crippen molar-refractivity contribution < 1.29 is 16.8 Å². The van der Waals surface area contributed by atoms with E-state index in [0.717, 1.165) is 81.0 Å². The highest BCUT2D eigenvalue weighted by molar-refractivity contribution is 7.39. The van der Waals surface area contributed by atoms with Crippen molar-refractivity contribution in [1.29, 1.82) is 0 Å². The van der Waals surface area contributed by atoms with Crippen LogP contribution in [0.1, 0.15) is 124 Å². The number of rotatable bonds is 14. The number of aryl methyl sites for hydroxylation is 4. The van der Waals surface area contributed by atoms with Crippen LogP contribution in [0.5, 0.6) is 0 Å². The average Bonchev–Trinajstić information content (AvgIpc) is 3.59. The van der Waals surface area contributed by atoms with Crippen LogP contribution in [0.3, 0.4) is 0 Å². The van der Waals surface area contributed by atoms with Crippen molar-refractivity contribution in [3.8, 4) is 0 Å². The molecule has 2 aromatic heterocycles. The molecule has 0 saturated heterocycles. The highest BCUT2D eigenvalue weighted by Crippen LogP contribution is 2.53. The van der Waals surface area contributed by atoms with E-state index < -0.39 is 16.3 Å². The van der Waals surface area contributed by atoms with Gasteiger partial charge >= 0.3 is 16.3 Å². The third-order valence-corrected chi connectivity index (χ3v) is 15.8. The van der Waals surface area contributed by atoms with Gasteiger partial charge in [-0.05, 0) is 110 Å². The van der Waals surface area contributed by atoms with Crippen molar-refractivity contribution >= 4 is 49.4 Å². The Bertz CT molecular complexity index is 2370. The Morgan fingerprint density at radius 1 is 0.367 bits per heavy atom. The van der Waals surface area contributed by atoms with Crippen molar-refractivity contribution in [3.63, 3.8) is 0 Å². The van der Waals surface area contributed by atoms with Crippen molar-refractivity contribution in [2.45, 2.75) is 105 Å². The molecule has 310 valence electrons. The summed E-state index contributed by atoms with van der Waals surface area (Å²) in [6.07, 6.45) is 3.16. The van der Waals surface area contributed by atoms with Crippen LogP contribution in [0.2, 0.25) is 0 Å². The minimum absolute atomic E-state index is 0.0304. The Labute approximate surface area is 357 Å². The number of hydrogen-bond acceptors (Lipinski definition) is 6. The standard InChI is InChI=1S/C52H58N2O4P2/c1-9-39-33-40(10-2)50-47-48-51(57-59(55-49(39)47)53(35(5)43-25-17-13-18-26-43)36(6)44-27-19-14-20-28-44)41(11-3)34-42(12-4)52(48)58-60(56-50)54(37(7)45-29-21-15-22-30-45)38(8)46-31-23-16-24-32-46/h13-38H,9-12H2,1-8H3/t35-,36-,37-,38-,59?,60?/m0/s1. The van der Waals surface area contributed by atoms with E-state index in [-0.39, 0.29) is 24.2 Å². The zero-order chi connectivity index (χ0) is 41.9.